The van der Waals surface area contributed by atoms with Gasteiger partial charge < -0.3 is 10.2 Å². The molecule has 2 fully saturated rings. The van der Waals surface area contributed by atoms with Gasteiger partial charge in [0.15, 0.2) is 0 Å². The number of nitrogens with zero attached hydrogens (tertiary/aromatic N) is 2. The van der Waals surface area contributed by atoms with Crippen LogP contribution in [0.5, 0.6) is 0 Å². The predicted octanol–water partition coefficient (Wildman–Crippen LogP) is 2.78. The second-order valence-corrected chi connectivity index (χ2v) is 6.31. The van der Waals surface area contributed by atoms with Gasteiger partial charge in [0.05, 0.1) is 0 Å². The molecule has 3 nitrogen and oxygen atoms in total. The van der Waals surface area contributed by atoms with Gasteiger partial charge in [0, 0.05) is 43.0 Å². The van der Waals surface area contributed by atoms with Gasteiger partial charge in [-0.15, -0.1) is 0 Å². The summed E-state index contributed by atoms with van der Waals surface area (Å²) in [5.41, 5.74) is 1.89. The molecule has 2 atom stereocenters. The lowest BCUT2D eigenvalue weighted by molar-refractivity contribution is 0.273. The summed E-state index contributed by atoms with van der Waals surface area (Å²) >= 11 is 0. The molecule has 4 heteroatoms. The van der Waals surface area contributed by atoms with E-state index in [-0.39, 0.29) is 11.9 Å². The molecule has 2 aliphatic rings. The topological polar surface area (TPSA) is 18.5 Å². The fourth-order valence-corrected chi connectivity index (χ4v) is 3.80. The first-order chi connectivity index (χ1) is 10.2. The molecule has 0 aromatic heterocycles. The van der Waals surface area contributed by atoms with Gasteiger partial charge in [-0.25, -0.2) is 4.39 Å². The van der Waals surface area contributed by atoms with Crippen LogP contribution in [0.25, 0.3) is 0 Å². The minimum atomic E-state index is -0.0955. The number of hydrogen-bond donors (Lipinski definition) is 1. The monoisotopic (exact) mass is 291 g/mol. The van der Waals surface area contributed by atoms with E-state index in [0.29, 0.717) is 6.04 Å². The normalized spacial score (nSPS) is 24.7. The van der Waals surface area contributed by atoms with Crippen LogP contribution in [0.3, 0.4) is 0 Å². The maximum atomic E-state index is 14.3. The smallest absolute Gasteiger partial charge is 0.130 e. The Bertz CT molecular complexity index is 491. The van der Waals surface area contributed by atoms with Crippen molar-refractivity contribution in [3.8, 4) is 0 Å². The lowest BCUT2D eigenvalue weighted by atomic mass is 10.0. The summed E-state index contributed by atoms with van der Waals surface area (Å²) in [6.07, 6.45) is 3.75. The molecular formula is C17H26FN3. The highest BCUT2D eigenvalue weighted by atomic mass is 19.1. The highest BCUT2D eigenvalue weighted by Crippen LogP contribution is 2.31. The van der Waals surface area contributed by atoms with Crippen molar-refractivity contribution < 1.29 is 4.39 Å². The van der Waals surface area contributed by atoms with Crippen molar-refractivity contribution in [2.75, 3.05) is 38.1 Å². The van der Waals surface area contributed by atoms with E-state index in [1.54, 1.807) is 6.07 Å². The third kappa shape index (κ3) is 2.92. The molecule has 2 saturated heterocycles. The number of anilines is 1. The Morgan fingerprint density at radius 2 is 2.05 bits per heavy atom. The number of benzene rings is 1. The van der Waals surface area contributed by atoms with Crippen LogP contribution in [0.15, 0.2) is 18.2 Å². The zero-order valence-corrected chi connectivity index (χ0v) is 13.1. The maximum Gasteiger partial charge on any atom is 0.130 e. The van der Waals surface area contributed by atoms with Gasteiger partial charge in [-0.3, -0.25) is 4.90 Å². The van der Waals surface area contributed by atoms with Crippen molar-refractivity contribution in [3.05, 3.63) is 29.6 Å². The molecule has 0 aliphatic carbocycles. The summed E-state index contributed by atoms with van der Waals surface area (Å²) in [5, 5.41) is 3.19. The number of rotatable bonds is 3. The fourth-order valence-electron chi connectivity index (χ4n) is 3.80. The maximum absolute atomic E-state index is 14.3. The average molecular weight is 291 g/mol. The van der Waals surface area contributed by atoms with E-state index in [1.165, 1.54) is 32.4 Å². The molecule has 2 unspecified atom stereocenters. The number of halogens is 1. The van der Waals surface area contributed by atoms with Gasteiger partial charge in [0.1, 0.15) is 5.82 Å². The Morgan fingerprint density at radius 1 is 1.24 bits per heavy atom. The Balaban J connectivity index is 1.90. The van der Waals surface area contributed by atoms with Gasteiger partial charge in [-0.1, -0.05) is 6.07 Å². The first-order valence-corrected chi connectivity index (χ1v) is 8.15. The number of fused-ring (bicyclic) bond motifs is 1. The van der Waals surface area contributed by atoms with E-state index in [1.807, 2.05) is 20.0 Å². The number of nitrogens with one attached hydrogen (secondary N) is 1. The van der Waals surface area contributed by atoms with Crippen LogP contribution in [0.2, 0.25) is 0 Å². The summed E-state index contributed by atoms with van der Waals surface area (Å²) in [6, 6.07) is 6.18. The van der Waals surface area contributed by atoms with Crippen LogP contribution in [-0.2, 0) is 0 Å². The summed E-state index contributed by atoms with van der Waals surface area (Å²) in [4.78, 5) is 5.02. The van der Waals surface area contributed by atoms with Crippen molar-refractivity contribution in [2.45, 2.75) is 38.3 Å². The van der Waals surface area contributed by atoms with Crippen molar-refractivity contribution in [2.24, 2.45) is 0 Å². The lowest BCUT2D eigenvalue weighted by Gasteiger charge is -2.30. The highest BCUT2D eigenvalue weighted by molar-refractivity contribution is 5.56. The van der Waals surface area contributed by atoms with Crippen LogP contribution in [0.4, 0.5) is 10.1 Å². The summed E-state index contributed by atoms with van der Waals surface area (Å²) in [6.45, 7) is 6.52. The van der Waals surface area contributed by atoms with Crippen LogP contribution in [0.1, 0.15) is 37.8 Å². The third-order valence-corrected chi connectivity index (χ3v) is 5.04. The third-order valence-electron chi connectivity index (χ3n) is 5.04. The zero-order chi connectivity index (χ0) is 14.8. The summed E-state index contributed by atoms with van der Waals surface area (Å²) < 4.78 is 14.3. The van der Waals surface area contributed by atoms with Crippen LogP contribution in [0, 0.1) is 5.82 Å². The number of hydrogen-bond acceptors (Lipinski definition) is 3. The van der Waals surface area contributed by atoms with E-state index >= 15 is 0 Å². The van der Waals surface area contributed by atoms with Crippen LogP contribution < -0.4 is 10.2 Å². The molecule has 0 saturated carbocycles. The van der Waals surface area contributed by atoms with Gasteiger partial charge in [-0.2, -0.15) is 0 Å². The van der Waals surface area contributed by atoms with E-state index < -0.39 is 0 Å². The second-order valence-electron chi connectivity index (χ2n) is 6.31. The molecule has 0 amide bonds. The van der Waals surface area contributed by atoms with Gasteiger partial charge in [-0.05, 0) is 51.9 Å². The predicted molar refractivity (Wildman–Crippen MR) is 85.3 cm³/mol. The molecule has 2 heterocycles. The first kappa shape index (κ1) is 14.8. The highest BCUT2D eigenvalue weighted by Gasteiger charge is 2.30. The first-order valence-electron chi connectivity index (χ1n) is 8.15. The van der Waals surface area contributed by atoms with E-state index in [4.69, 9.17) is 0 Å². The minimum Gasteiger partial charge on any atom is -0.370 e. The minimum absolute atomic E-state index is 0.0316. The largest absolute Gasteiger partial charge is 0.370 e. The van der Waals surface area contributed by atoms with Gasteiger partial charge in [0.2, 0.25) is 0 Å². The van der Waals surface area contributed by atoms with Crippen LogP contribution in [-0.4, -0.2) is 44.2 Å². The fraction of sp³-hybridized carbons (Fsp3) is 0.647. The van der Waals surface area contributed by atoms with Crippen LogP contribution >= 0.6 is 0 Å². The molecule has 2 aliphatic heterocycles. The SMILES string of the molecule is CNC(C)c1c(F)cccc1N1CCCN2CCCC2C1. The molecular weight excluding hydrogens is 265 g/mol. The van der Waals surface area contributed by atoms with E-state index in [9.17, 15) is 4.39 Å². The molecule has 0 spiro atoms. The molecule has 1 N–H and O–H groups in total. The molecule has 21 heavy (non-hydrogen) atoms. The lowest BCUT2D eigenvalue weighted by Crippen LogP contribution is -2.37. The quantitative estimate of drug-likeness (QED) is 0.924. The summed E-state index contributed by atoms with van der Waals surface area (Å²) in [5.74, 6) is -0.0955. The Hall–Kier alpha value is -1.13. The standard InChI is InChI=1S/C17H26FN3/c1-13(19-2)17-15(18)7-3-8-16(17)21-11-5-10-20-9-4-6-14(20)12-21/h3,7-8,13-14,19H,4-6,9-12H2,1-2H3. The molecule has 1 aromatic rings. The van der Waals surface area contributed by atoms with Crippen molar-refractivity contribution >= 4 is 5.69 Å². The zero-order valence-electron chi connectivity index (χ0n) is 13.1. The molecule has 3 rings (SSSR count). The summed E-state index contributed by atoms with van der Waals surface area (Å²) in [7, 11) is 1.89. The second kappa shape index (κ2) is 6.32. The molecule has 0 bridgehead atoms. The van der Waals surface area contributed by atoms with Gasteiger partial charge in [0.25, 0.3) is 0 Å². The Kier molecular flexibility index (Phi) is 4.45. The molecule has 1 aromatic carbocycles. The van der Waals surface area contributed by atoms with E-state index in [2.05, 4.69) is 21.2 Å². The van der Waals surface area contributed by atoms with E-state index in [0.717, 1.165) is 24.3 Å². The van der Waals surface area contributed by atoms with Crippen molar-refractivity contribution in [1.82, 2.24) is 10.2 Å². The molecule has 116 valence electrons. The molecule has 0 radical (unpaired) electrons. The van der Waals surface area contributed by atoms with Crippen molar-refractivity contribution in [3.63, 3.8) is 0 Å². The van der Waals surface area contributed by atoms with Crippen molar-refractivity contribution in [1.29, 1.82) is 0 Å². The Morgan fingerprint density at radius 3 is 2.86 bits per heavy atom. The Labute approximate surface area is 127 Å². The average Bonchev–Trinajstić information content (AvgIpc) is 2.83. The van der Waals surface area contributed by atoms with Gasteiger partial charge >= 0.3 is 0 Å².